The summed E-state index contributed by atoms with van der Waals surface area (Å²) in [6, 6.07) is 3.01. The lowest BCUT2D eigenvalue weighted by Gasteiger charge is -2.18. The Balaban J connectivity index is 1.75. The summed E-state index contributed by atoms with van der Waals surface area (Å²) in [6.07, 6.45) is 5.42. The van der Waals surface area contributed by atoms with Crippen molar-refractivity contribution in [3.63, 3.8) is 0 Å². The van der Waals surface area contributed by atoms with E-state index in [1.165, 1.54) is 23.1 Å². The zero-order valence-electron chi connectivity index (χ0n) is 11.5. The van der Waals surface area contributed by atoms with Gasteiger partial charge in [0.1, 0.15) is 17.0 Å². The molecule has 0 aromatic carbocycles. The number of likely N-dealkylation sites (N-methyl/N-ethyl adjacent to an activating group) is 1. The number of thiophene rings is 1. The van der Waals surface area contributed by atoms with Crippen LogP contribution in [0.25, 0.3) is 10.2 Å². The Morgan fingerprint density at radius 2 is 2.26 bits per heavy atom. The number of anilines is 1. The van der Waals surface area contributed by atoms with Crippen LogP contribution in [0.2, 0.25) is 0 Å². The molecular weight excluding hydrogens is 256 g/mol. The smallest absolute Gasteiger partial charge is 0.140 e. The van der Waals surface area contributed by atoms with Crippen LogP contribution < -0.4 is 10.2 Å². The average Bonchev–Trinajstić information content (AvgIpc) is 3.14. The van der Waals surface area contributed by atoms with Gasteiger partial charge in [-0.2, -0.15) is 0 Å². The minimum Gasteiger partial charge on any atom is -0.358 e. The molecule has 0 radical (unpaired) electrons. The van der Waals surface area contributed by atoms with E-state index in [0.29, 0.717) is 0 Å². The molecule has 2 aromatic rings. The second-order valence-electron chi connectivity index (χ2n) is 5.13. The van der Waals surface area contributed by atoms with E-state index in [4.69, 9.17) is 0 Å². The molecule has 0 amide bonds. The molecule has 1 aliphatic carbocycles. The molecule has 2 heterocycles. The first-order valence-electron chi connectivity index (χ1n) is 6.96. The maximum absolute atomic E-state index is 4.46. The van der Waals surface area contributed by atoms with E-state index in [1.807, 2.05) is 0 Å². The van der Waals surface area contributed by atoms with Gasteiger partial charge in [-0.05, 0) is 25.3 Å². The van der Waals surface area contributed by atoms with Crippen molar-refractivity contribution >= 4 is 27.4 Å². The molecule has 2 aromatic heterocycles. The molecule has 3 rings (SSSR count). The Labute approximate surface area is 117 Å². The normalized spacial score (nSPS) is 15.1. The Morgan fingerprint density at radius 3 is 3.00 bits per heavy atom. The highest BCUT2D eigenvalue weighted by Gasteiger charge is 2.20. The standard InChI is InChI=1S/C14H20N4S/c1-3-11-8-12-13(16-9-17-14(12)19-11)18(2)7-6-15-10-4-5-10/h8-10,15H,3-7H2,1-2H3. The van der Waals surface area contributed by atoms with E-state index in [2.05, 4.69) is 40.2 Å². The number of nitrogens with zero attached hydrogens (tertiary/aromatic N) is 3. The van der Waals surface area contributed by atoms with E-state index < -0.39 is 0 Å². The van der Waals surface area contributed by atoms with E-state index in [1.54, 1.807) is 17.7 Å². The zero-order chi connectivity index (χ0) is 13.2. The van der Waals surface area contributed by atoms with Crippen molar-refractivity contribution in [2.75, 3.05) is 25.0 Å². The topological polar surface area (TPSA) is 41.0 Å². The van der Waals surface area contributed by atoms with Crippen molar-refractivity contribution in [1.29, 1.82) is 0 Å². The van der Waals surface area contributed by atoms with Gasteiger partial charge in [0.2, 0.25) is 0 Å². The summed E-state index contributed by atoms with van der Waals surface area (Å²) in [5.41, 5.74) is 0. The van der Waals surface area contributed by atoms with Crippen molar-refractivity contribution in [2.45, 2.75) is 32.2 Å². The SMILES string of the molecule is CCc1cc2c(N(C)CCNC3CC3)ncnc2s1. The average molecular weight is 276 g/mol. The van der Waals surface area contributed by atoms with Crippen LogP contribution in [0, 0.1) is 0 Å². The van der Waals surface area contributed by atoms with Crippen LogP contribution in [0.15, 0.2) is 12.4 Å². The molecule has 0 saturated heterocycles. The maximum Gasteiger partial charge on any atom is 0.140 e. The highest BCUT2D eigenvalue weighted by atomic mass is 32.1. The van der Waals surface area contributed by atoms with Crippen molar-refractivity contribution in [3.05, 3.63) is 17.3 Å². The number of hydrogen-bond donors (Lipinski definition) is 1. The van der Waals surface area contributed by atoms with Gasteiger partial charge in [0, 0.05) is 31.1 Å². The summed E-state index contributed by atoms with van der Waals surface area (Å²) < 4.78 is 0. The molecule has 1 aliphatic rings. The fourth-order valence-corrected chi connectivity index (χ4v) is 3.13. The Morgan fingerprint density at radius 1 is 1.42 bits per heavy atom. The second-order valence-corrected chi connectivity index (χ2v) is 6.25. The first-order valence-corrected chi connectivity index (χ1v) is 7.77. The van der Waals surface area contributed by atoms with E-state index in [9.17, 15) is 0 Å². The lowest BCUT2D eigenvalue weighted by Crippen LogP contribution is -2.30. The van der Waals surface area contributed by atoms with Gasteiger partial charge in [-0.3, -0.25) is 0 Å². The number of aryl methyl sites for hydroxylation is 1. The fraction of sp³-hybridized carbons (Fsp3) is 0.571. The largest absolute Gasteiger partial charge is 0.358 e. The van der Waals surface area contributed by atoms with Crippen LogP contribution in [-0.2, 0) is 6.42 Å². The number of nitrogens with one attached hydrogen (secondary N) is 1. The van der Waals surface area contributed by atoms with Gasteiger partial charge in [0.15, 0.2) is 0 Å². The summed E-state index contributed by atoms with van der Waals surface area (Å²) in [6.45, 7) is 4.19. The number of aromatic nitrogens is 2. The molecule has 5 heteroatoms. The van der Waals surface area contributed by atoms with Crippen LogP contribution in [0.1, 0.15) is 24.6 Å². The van der Waals surface area contributed by atoms with Crippen LogP contribution in [0.5, 0.6) is 0 Å². The third kappa shape index (κ3) is 2.87. The second kappa shape index (κ2) is 5.43. The summed E-state index contributed by atoms with van der Waals surface area (Å²) in [7, 11) is 2.11. The molecule has 4 nitrogen and oxygen atoms in total. The van der Waals surface area contributed by atoms with E-state index >= 15 is 0 Å². The molecule has 0 unspecified atom stereocenters. The lowest BCUT2D eigenvalue weighted by atomic mass is 10.3. The van der Waals surface area contributed by atoms with Gasteiger partial charge in [-0.15, -0.1) is 11.3 Å². The van der Waals surface area contributed by atoms with Crippen LogP contribution in [-0.4, -0.2) is 36.1 Å². The molecule has 0 aliphatic heterocycles. The molecule has 0 bridgehead atoms. The quantitative estimate of drug-likeness (QED) is 0.880. The monoisotopic (exact) mass is 276 g/mol. The van der Waals surface area contributed by atoms with Crippen molar-refractivity contribution in [1.82, 2.24) is 15.3 Å². The predicted octanol–water partition coefficient (Wildman–Crippen LogP) is 2.44. The third-order valence-corrected chi connectivity index (χ3v) is 4.71. The highest BCUT2D eigenvalue weighted by molar-refractivity contribution is 7.18. The summed E-state index contributed by atoms with van der Waals surface area (Å²) in [4.78, 5) is 13.5. The Bertz CT molecular complexity index is 562. The Hall–Kier alpha value is -1.20. The number of rotatable bonds is 6. The predicted molar refractivity (Wildman–Crippen MR) is 81.1 cm³/mol. The molecule has 1 saturated carbocycles. The van der Waals surface area contributed by atoms with Crippen LogP contribution in [0.4, 0.5) is 5.82 Å². The molecule has 0 spiro atoms. The number of hydrogen-bond acceptors (Lipinski definition) is 5. The summed E-state index contributed by atoms with van der Waals surface area (Å²) in [5, 5.41) is 4.73. The Kier molecular flexibility index (Phi) is 3.66. The molecule has 19 heavy (non-hydrogen) atoms. The zero-order valence-corrected chi connectivity index (χ0v) is 12.3. The van der Waals surface area contributed by atoms with Gasteiger partial charge in [0.05, 0.1) is 5.39 Å². The minimum atomic E-state index is 0.770. The van der Waals surface area contributed by atoms with Crippen LogP contribution in [0.3, 0.4) is 0 Å². The van der Waals surface area contributed by atoms with Crippen LogP contribution >= 0.6 is 11.3 Å². The van der Waals surface area contributed by atoms with Crippen molar-refractivity contribution in [2.24, 2.45) is 0 Å². The molecule has 0 atom stereocenters. The van der Waals surface area contributed by atoms with E-state index in [0.717, 1.165) is 36.2 Å². The molecule has 1 fully saturated rings. The summed E-state index contributed by atoms with van der Waals surface area (Å²) >= 11 is 1.77. The highest BCUT2D eigenvalue weighted by Crippen LogP contribution is 2.29. The van der Waals surface area contributed by atoms with Gasteiger partial charge >= 0.3 is 0 Å². The minimum absolute atomic E-state index is 0.770. The molecule has 1 N–H and O–H groups in total. The number of fused-ring (bicyclic) bond motifs is 1. The summed E-state index contributed by atoms with van der Waals surface area (Å²) in [5.74, 6) is 1.05. The van der Waals surface area contributed by atoms with Crippen molar-refractivity contribution < 1.29 is 0 Å². The lowest BCUT2D eigenvalue weighted by molar-refractivity contribution is 0.673. The maximum atomic E-state index is 4.46. The molecule has 102 valence electrons. The first-order chi connectivity index (χ1) is 9.28. The van der Waals surface area contributed by atoms with Gasteiger partial charge in [0.25, 0.3) is 0 Å². The first kappa shape index (κ1) is 12.8. The van der Waals surface area contributed by atoms with E-state index in [-0.39, 0.29) is 0 Å². The van der Waals surface area contributed by atoms with Gasteiger partial charge in [-0.1, -0.05) is 6.92 Å². The molecular formula is C14H20N4S. The fourth-order valence-electron chi connectivity index (χ4n) is 2.20. The van der Waals surface area contributed by atoms with Gasteiger partial charge < -0.3 is 10.2 Å². The van der Waals surface area contributed by atoms with Crippen molar-refractivity contribution in [3.8, 4) is 0 Å². The third-order valence-electron chi connectivity index (χ3n) is 3.53. The van der Waals surface area contributed by atoms with Gasteiger partial charge in [-0.25, -0.2) is 9.97 Å².